The van der Waals surface area contributed by atoms with Crippen molar-refractivity contribution in [1.82, 2.24) is 19.9 Å². The van der Waals surface area contributed by atoms with E-state index < -0.39 is 29.8 Å². The Kier molecular flexibility index (Phi) is 8.05. The highest BCUT2D eigenvalue weighted by molar-refractivity contribution is 9.10. The Labute approximate surface area is 225 Å². The third kappa shape index (κ3) is 5.67. The van der Waals surface area contributed by atoms with Gasteiger partial charge in [-0.25, -0.2) is 19.2 Å². The lowest BCUT2D eigenvalue weighted by atomic mass is 10.1. The van der Waals surface area contributed by atoms with Gasteiger partial charge in [0.2, 0.25) is 5.91 Å². The average molecular weight is 587 g/mol. The molecule has 3 aromatic rings. The number of hydrogen-bond donors (Lipinski definition) is 3. The molecular formula is C25H24BrFN6O5. The molecule has 1 aliphatic heterocycles. The van der Waals surface area contributed by atoms with E-state index in [9.17, 15) is 23.9 Å². The number of halogens is 2. The fraction of sp³-hybridized carbons (Fsp3) is 0.240. The van der Waals surface area contributed by atoms with Crippen LogP contribution in [0.25, 0.3) is 10.9 Å². The summed E-state index contributed by atoms with van der Waals surface area (Å²) in [4.78, 5) is 52.4. The summed E-state index contributed by atoms with van der Waals surface area (Å²) in [6.45, 7) is 5.50. The largest absolute Gasteiger partial charge is 0.465 e. The predicted molar refractivity (Wildman–Crippen MR) is 142 cm³/mol. The quantitative estimate of drug-likeness (QED) is 0.255. The number of carboxylic acid groups (broad SMARTS) is 1. The highest BCUT2D eigenvalue weighted by Gasteiger charge is 2.37. The standard InChI is InChI=1S/C25H24BrFN6O5/c1-3-22(34)30-19-11-15-18(28-13-29-23(15)31-17-8-7-14(26)10-16(17)27)12-21(19)38-33(4-2)24(35)20-6-5-9-32(20)25(36)37/h3,7-8,10-13,20H,1,4-6,9H2,2H3,(H,30,34)(H,36,37)(H,28,29,31). The first-order chi connectivity index (χ1) is 18.2. The van der Waals surface area contributed by atoms with E-state index in [0.717, 1.165) is 16.0 Å². The van der Waals surface area contributed by atoms with Gasteiger partial charge in [0.1, 0.15) is 24.0 Å². The molecule has 0 aliphatic carbocycles. The summed E-state index contributed by atoms with van der Waals surface area (Å²) in [7, 11) is 0. The summed E-state index contributed by atoms with van der Waals surface area (Å²) >= 11 is 3.22. The molecule has 4 rings (SSSR count). The Morgan fingerprint density at radius 1 is 1.29 bits per heavy atom. The second kappa shape index (κ2) is 11.4. The van der Waals surface area contributed by atoms with Gasteiger partial charge in [0.05, 0.1) is 23.4 Å². The first-order valence-corrected chi connectivity index (χ1v) is 12.4. The summed E-state index contributed by atoms with van der Waals surface area (Å²) in [5, 5.41) is 16.5. The number of anilines is 3. The van der Waals surface area contributed by atoms with Crippen molar-refractivity contribution < 1.29 is 28.7 Å². The van der Waals surface area contributed by atoms with Crippen LogP contribution in [0, 0.1) is 5.82 Å². The van der Waals surface area contributed by atoms with Gasteiger partial charge in [-0.1, -0.05) is 22.5 Å². The van der Waals surface area contributed by atoms with E-state index >= 15 is 0 Å². The molecule has 13 heteroatoms. The smallest absolute Gasteiger partial charge is 0.407 e. The number of hydroxylamine groups is 2. The Hall–Kier alpha value is -4.26. The number of nitrogens with zero attached hydrogens (tertiary/aromatic N) is 4. The molecule has 1 fully saturated rings. The molecule has 1 atom stereocenters. The number of likely N-dealkylation sites (tertiary alicyclic amines) is 1. The monoisotopic (exact) mass is 586 g/mol. The van der Waals surface area contributed by atoms with Crippen LogP contribution in [0.4, 0.5) is 26.4 Å². The molecule has 1 aliphatic rings. The Bertz CT molecular complexity index is 1420. The lowest BCUT2D eigenvalue weighted by Gasteiger charge is -2.28. The molecule has 3 N–H and O–H groups in total. The molecule has 2 heterocycles. The van der Waals surface area contributed by atoms with Crippen LogP contribution in [0.1, 0.15) is 19.8 Å². The molecular weight excluding hydrogens is 563 g/mol. The maximum absolute atomic E-state index is 14.5. The second-order valence-electron chi connectivity index (χ2n) is 8.29. The zero-order valence-electron chi connectivity index (χ0n) is 20.3. The lowest BCUT2D eigenvalue weighted by molar-refractivity contribution is -0.161. The highest BCUT2D eigenvalue weighted by atomic mass is 79.9. The van der Waals surface area contributed by atoms with Crippen LogP contribution in [0.15, 0.2) is 53.8 Å². The molecule has 198 valence electrons. The molecule has 1 saturated heterocycles. The normalized spacial score (nSPS) is 14.7. The summed E-state index contributed by atoms with van der Waals surface area (Å²) in [6.07, 6.45) is 2.09. The van der Waals surface area contributed by atoms with Crippen molar-refractivity contribution in [3.8, 4) is 5.75 Å². The molecule has 3 amide bonds. The number of benzene rings is 2. The number of amides is 3. The molecule has 0 radical (unpaired) electrons. The summed E-state index contributed by atoms with van der Waals surface area (Å²) in [5.41, 5.74) is 0.722. The number of aromatic nitrogens is 2. The molecule has 11 nitrogen and oxygen atoms in total. The number of rotatable bonds is 8. The van der Waals surface area contributed by atoms with E-state index in [2.05, 4.69) is 43.1 Å². The van der Waals surface area contributed by atoms with Gasteiger partial charge in [0.25, 0.3) is 5.91 Å². The van der Waals surface area contributed by atoms with Crippen molar-refractivity contribution in [2.75, 3.05) is 23.7 Å². The first-order valence-electron chi connectivity index (χ1n) is 11.6. The fourth-order valence-corrected chi connectivity index (χ4v) is 4.39. The number of hydrogen-bond acceptors (Lipinski definition) is 7. The summed E-state index contributed by atoms with van der Waals surface area (Å²) < 4.78 is 15.0. The van der Waals surface area contributed by atoms with Crippen LogP contribution in [0.3, 0.4) is 0 Å². The minimum Gasteiger partial charge on any atom is -0.465 e. The predicted octanol–water partition coefficient (Wildman–Crippen LogP) is 4.68. The number of carbonyl (C=O) groups excluding carboxylic acids is 2. The molecule has 1 aromatic heterocycles. The van der Waals surface area contributed by atoms with E-state index in [1.165, 1.54) is 24.5 Å². The molecule has 0 saturated carbocycles. The van der Waals surface area contributed by atoms with Gasteiger partial charge in [0.15, 0.2) is 5.75 Å². The van der Waals surface area contributed by atoms with Gasteiger partial charge < -0.3 is 20.6 Å². The Morgan fingerprint density at radius 3 is 2.76 bits per heavy atom. The van der Waals surface area contributed by atoms with Crippen molar-refractivity contribution in [2.24, 2.45) is 0 Å². The fourth-order valence-electron chi connectivity index (χ4n) is 4.06. The van der Waals surface area contributed by atoms with Crippen molar-refractivity contribution in [3.63, 3.8) is 0 Å². The van der Waals surface area contributed by atoms with E-state index in [4.69, 9.17) is 4.84 Å². The summed E-state index contributed by atoms with van der Waals surface area (Å²) in [6, 6.07) is 6.67. The first kappa shape index (κ1) is 26.8. The zero-order valence-corrected chi connectivity index (χ0v) is 21.9. The van der Waals surface area contributed by atoms with Crippen LogP contribution in [-0.2, 0) is 9.59 Å². The topological polar surface area (TPSA) is 137 Å². The Balaban J connectivity index is 1.71. The van der Waals surface area contributed by atoms with E-state index in [-0.39, 0.29) is 36.0 Å². The third-order valence-electron chi connectivity index (χ3n) is 5.89. The number of likely N-dealkylation sites (N-methyl/N-ethyl adjacent to an activating group) is 1. The summed E-state index contributed by atoms with van der Waals surface area (Å²) in [5.74, 6) is -1.22. The maximum atomic E-state index is 14.5. The maximum Gasteiger partial charge on any atom is 0.407 e. The van der Waals surface area contributed by atoms with Gasteiger partial charge >= 0.3 is 6.09 Å². The zero-order chi connectivity index (χ0) is 27.4. The van der Waals surface area contributed by atoms with E-state index in [1.54, 1.807) is 19.1 Å². The molecule has 38 heavy (non-hydrogen) atoms. The Morgan fingerprint density at radius 2 is 2.08 bits per heavy atom. The molecule has 2 aromatic carbocycles. The number of nitrogens with one attached hydrogen (secondary N) is 2. The van der Waals surface area contributed by atoms with Crippen molar-refractivity contribution in [1.29, 1.82) is 0 Å². The number of fused-ring (bicyclic) bond motifs is 1. The minimum absolute atomic E-state index is 0.0854. The second-order valence-corrected chi connectivity index (χ2v) is 9.20. The van der Waals surface area contributed by atoms with Crippen LogP contribution in [-0.4, -0.2) is 62.1 Å². The van der Waals surface area contributed by atoms with Crippen LogP contribution in [0.5, 0.6) is 5.75 Å². The van der Waals surface area contributed by atoms with Gasteiger partial charge in [-0.15, -0.1) is 0 Å². The van der Waals surface area contributed by atoms with Gasteiger partial charge in [-0.3, -0.25) is 14.5 Å². The van der Waals surface area contributed by atoms with Crippen LogP contribution >= 0.6 is 15.9 Å². The van der Waals surface area contributed by atoms with Crippen LogP contribution < -0.4 is 15.5 Å². The van der Waals surface area contributed by atoms with Crippen LogP contribution in [0.2, 0.25) is 0 Å². The number of carbonyl (C=O) groups is 3. The molecule has 0 spiro atoms. The SMILES string of the molecule is C=CC(=O)Nc1cc2c(Nc3ccc(Br)cc3F)ncnc2cc1ON(CC)C(=O)C1CCCN1C(=O)O. The third-order valence-corrected chi connectivity index (χ3v) is 6.38. The average Bonchev–Trinajstić information content (AvgIpc) is 3.39. The van der Waals surface area contributed by atoms with Gasteiger partial charge in [0, 0.05) is 22.5 Å². The van der Waals surface area contributed by atoms with Gasteiger partial charge in [-0.2, -0.15) is 5.06 Å². The molecule has 0 bridgehead atoms. The van der Waals surface area contributed by atoms with Crippen molar-refractivity contribution in [3.05, 3.63) is 59.6 Å². The van der Waals surface area contributed by atoms with Crippen molar-refractivity contribution >= 4 is 61.9 Å². The van der Waals surface area contributed by atoms with E-state index in [0.29, 0.717) is 28.2 Å². The lowest BCUT2D eigenvalue weighted by Crippen LogP contribution is -2.48. The van der Waals surface area contributed by atoms with Crippen molar-refractivity contribution in [2.45, 2.75) is 25.8 Å². The molecule has 1 unspecified atom stereocenters. The van der Waals surface area contributed by atoms with E-state index in [1.807, 2.05) is 0 Å². The highest BCUT2D eigenvalue weighted by Crippen LogP contribution is 2.35. The van der Waals surface area contributed by atoms with Gasteiger partial charge in [-0.05, 0) is 50.1 Å². The minimum atomic E-state index is -1.18.